The zero-order valence-electron chi connectivity index (χ0n) is 17.9. The number of carbonyl (C=O) groups excluding carboxylic acids is 4. The number of likely N-dealkylation sites (tertiary alicyclic amines) is 2. The number of carbonyl (C=O) groups is 4. The number of imide groups is 1. The highest BCUT2D eigenvalue weighted by molar-refractivity contribution is 6.32. The average molecular weight is 445 g/mol. The van der Waals surface area contributed by atoms with E-state index in [0.29, 0.717) is 23.7 Å². The van der Waals surface area contributed by atoms with Gasteiger partial charge in [-0.25, -0.2) is 0 Å². The Morgan fingerprint density at radius 3 is 2.48 bits per heavy atom. The molecule has 1 aromatic carbocycles. The van der Waals surface area contributed by atoms with E-state index in [-0.39, 0.29) is 48.3 Å². The summed E-state index contributed by atoms with van der Waals surface area (Å²) in [7, 11) is 0. The summed E-state index contributed by atoms with van der Waals surface area (Å²) in [4.78, 5) is 55.2. The molecule has 0 N–H and O–H groups in total. The molecule has 166 valence electrons. The molecule has 3 aliphatic rings. The number of nitrogens with zero attached hydrogens (tertiary/aromatic N) is 2. The van der Waals surface area contributed by atoms with Crippen molar-refractivity contribution >= 4 is 35.1 Å². The fraction of sp³-hybridized carbons (Fsp3) is 0.583. The van der Waals surface area contributed by atoms with E-state index >= 15 is 0 Å². The minimum Gasteiger partial charge on any atom is -0.342 e. The van der Waals surface area contributed by atoms with E-state index in [9.17, 15) is 19.2 Å². The van der Waals surface area contributed by atoms with Crippen LogP contribution in [0.2, 0.25) is 5.02 Å². The van der Waals surface area contributed by atoms with Crippen LogP contribution in [0.5, 0.6) is 0 Å². The molecule has 1 saturated carbocycles. The summed E-state index contributed by atoms with van der Waals surface area (Å²) in [5, 5.41) is 0.393. The normalized spacial score (nSPS) is 27.2. The number of Topliss-reactive ketones (excluding diaryl/α,β-unsaturated/α-hetero) is 1. The first-order chi connectivity index (χ1) is 14.8. The third-order valence-electron chi connectivity index (χ3n) is 7.23. The second-order valence-corrected chi connectivity index (χ2v) is 9.62. The monoisotopic (exact) mass is 444 g/mol. The van der Waals surface area contributed by atoms with Gasteiger partial charge in [0.05, 0.1) is 5.41 Å². The molecule has 0 bridgehead atoms. The zero-order valence-corrected chi connectivity index (χ0v) is 18.7. The number of piperidine rings is 1. The number of ketones is 1. The molecular formula is C24H29ClN2O4. The summed E-state index contributed by atoms with van der Waals surface area (Å²) < 4.78 is 0. The Bertz CT molecular complexity index is 911. The zero-order chi connectivity index (χ0) is 22.2. The third-order valence-corrected chi connectivity index (χ3v) is 7.56. The molecule has 0 aromatic heterocycles. The van der Waals surface area contributed by atoms with Crippen molar-refractivity contribution in [3.8, 4) is 0 Å². The Labute approximate surface area is 187 Å². The molecule has 0 spiro atoms. The van der Waals surface area contributed by atoms with Gasteiger partial charge in [0.1, 0.15) is 5.78 Å². The van der Waals surface area contributed by atoms with E-state index < -0.39 is 5.41 Å². The third kappa shape index (κ3) is 4.02. The predicted molar refractivity (Wildman–Crippen MR) is 116 cm³/mol. The van der Waals surface area contributed by atoms with Crippen LogP contribution in [0.15, 0.2) is 24.3 Å². The van der Waals surface area contributed by atoms with Crippen LogP contribution in [0.4, 0.5) is 0 Å². The van der Waals surface area contributed by atoms with Gasteiger partial charge in [-0.3, -0.25) is 24.1 Å². The largest absolute Gasteiger partial charge is 0.342 e. The molecule has 1 aliphatic carbocycles. The smallest absolute Gasteiger partial charge is 0.241 e. The second-order valence-electron chi connectivity index (χ2n) is 9.21. The van der Waals surface area contributed by atoms with Gasteiger partial charge < -0.3 is 4.90 Å². The van der Waals surface area contributed by atoms with Gasteiger partial charge in [0, 0.05) is 42.9 Å². The lowest BCUT2D eigenvalue weighted by Crippen LogP contribution is -2.48. The molecule has 2 heterocycles. The SMILES string of the molecule is CC(=O)[C@@H]1CCCN(C(=O)C[C@@]2(c3ccccc3Cl)CC(=O)N(C3CCCC3)C2=O)C1. The highest BCUT2D eigenvalue weighted by Crippen LogP contribution is 2.45. The lowest BCUT2D eigenvalue weighted by molar-refractivity contribution is -0.145. The average Bonchev–Trinajstić information content (AvgIpc) is 3.35. The van der Waals surface area contributed by atoms with Crippen molar-refractivity contribution in [3.63, 3.8) is 0 Å². The molecule has 0 radical (unpaired) electrons. The van der Waals surface area contributed by atoms with Crippen molar-refractivity contribution in [2.45, 2.75) is 69.7 Å². The fourth-order valence-electron chi connectivity index (χ4n) is 5.49. The Morgan fingerprint density at radius 2 is 1.81 bits per heavy atom. The van der Waals surface area contributed by atoms with Crippen molar-refractivity contribution in [1.82, 2.24) is 9.80 Å². The highest BCUT2D eigenvalue weighted by atomic mass is 35.5. The molecule has 2 saturated heterocycles. The van der Waals surface area contributed by atoms with E-state index in [1.165, 1.54) is 4.90 Å². The molecular weight excluding hydrogens is 416 g/mol. The van der Waals surface area contributed by atoms with Gasteiger partial charge in [0.2, 0.25) is 17.7 Å². The van der Waals surface area contributed by atoms with Crippen LogP contribution in [0.25, 0.3) is 0 Å². The summed E-state index contributed by atoms with van der Waals surface area (Å²) in [6.45, 7) is 2.50. The minimum atomic E-state index is -1.28. The number of hydrogen-bond donors (Lipinski definition) is 0. The van der Waals surface area contributed by atoms with Crippen molar-refractivity contribution in [3.05, 3.63) is 34.9 Å². The van der Waals surface area contributed by atoms with Crippen LogP contribution in [0.1, 0.15) is 63.9 Å². The summed E-state index contributed by atoms with van der Waals surface area (Å²) in [6, 6.07) is 6.94. The number of benzene rings is 1. The summed E-state index contributed by atoms with van der Waals surface area (Å²) in [5.41, 5.74) is -0.734. The maximum absolute atomic E-state index is 13.8. The molecule has 7 heteroatoms. The van der Waals surface area contributed by atoms with Crippen molar-refractivity contribution in [2.75, 3.05) is 13.1 Å². The van der Waals surface area contributed by atoms with Gasteiger partial charge in [0.15, 0.2) is 0 Å². The second kappa shape index (κ2) is 8.73. The highest BCUT2D eigenvalue weighted by Gasteiger charge is 2.56. The van der Waals surface area contributed by atoms with E-state index in [4.69, 9.17) is 11.6 Å². The summed E-state index contributed by atoms with van der Waals surface area (Å²) in [5.74, 6) is -0.793. The topological polar surface area (TPSA) is 74.8 Å². The summed E-state index contributed by atoms with van der Waals surface area (Å²) >= 11 is 6.50. The molecule has 6 nitrogen and oxygen atoms in total. The predicted octanol–water partition coefficient (Wildman–Crippen LogP) is 3.50. The van der Waals surface area contributed by atoms with Crippen LogP contribution >= 0.6 is 11.6 Å². The summed E-state index contributed by atoms with van der Waals surface area (Å²) in [6.07, 6.45) is 5.03. The molecule has 0 unspecified atom stereocenters. The van der Waals surface area contributed by atoms with Crippen LogP contribution < -0.4 is 0 Å². The maximum Gasteiger partial charge on any atom is 0.241 e. The van der Waals surface area contributed by atoms with Crippen LogP contribution in [-0.4, -0.2) is 52.4 Å². The van der Waals surface area contributed by atoms with Gasteiger partial charge >= 0.3 is 0 Å². The van der Waals surface area contributed by atoms with Crippen molar-refractivity contribution in [2.24, 2.45) is 5.92 Å². The van der Waals surface area contributed by atoms with E-state index in [2.05, 4.69) is 0 Å². The van der Waals surface area contributed by atoms with E-state index in [1.807, 2.05) is 0 Å². The minimum absolute atomic E-state index is 0.0399. The Balaban J connectivity index is 1.67. The van der Waals surface area contributed by atoms with Crippen LogP contribution in [0, 0.1) is 5.92 Å². The molecule has 3 amide bonds. The lowest BCUT2D eigenvalue weighted by atomic mass is 9.75. The standard InChI is InChI=1S/C24H29ClN2O4/c1-16(28)17-7-6-12-26(15-17)21(29)13-24(19-10-4-5-11-20(19)25)14-22(30)27(23(24)31)18-8-2-3-9-18/h4-5,10-11,17-18H,2-3,6-9,12-15H2,1H3/t17-,24+/m1/s1. The first kappa shape index (κ1) is 22.0. The van der Waals surface area contributed by atoms with E-state index in [1.54, 1.807) is 36.1 Å². The fourth-order valence-corrected chi connectivity index (χ4v) is 5.81. The first-order valence-electron chi connectivity index (χ1n) is 11.2. The first-order valence-corrected chi connectivity index (χ1v) is 11.6. The number of hydrogen-bond acceptors (Lipinski definition) is 4. The molecule has 2 atom stereocenters. The van der Waals surface area contributed by atoms with Gasteiger partial charge in [0.25, 0.3) is 0 Å². The maximum atomic E-state index is 13.8. The van der Waals surface area contributed by atoms with Gasteiger partial charge in [-0.1, -0.05) is 42.6 Å². The van der Waals surface area contributed by atoms with Crippen LogP contribution in [0.3, 0.4) is 0 Å². The van der Waals surface area contributed by atoms with Gasteiger partial charge in [-0.15, -0.1) is 0 Å². The van der Waals surface area contributed by atoms with Crippen molar-refractivity contribution in [1.29, 1.82) is 0 Å². The molecule has 1 aromatic rings. The number of rotatable bonds is 5. The van der Waals surface area contributed by atoms with Gasteiger partial charge in [-0.05, 0) is 44.2 Å². The molecule has 3 fully saturated rings. The number of amides is 3. The Hall–Kier alpha value is -2.21. The molecule has 2 aliphatic heterocycles. The quantitative estimate of drug-likeness (QED) is 0.651. The number of halogens is 1. The van der Waals surface area contributed by atoms with Crippen LogP contribution in [-0.2, 0) is 24.6 Å². The molecule has 31 heavy (non-hydrogen) atoms. The van der Waals surface area contributed by atoms with E-state index in [0.717, 1.165) is 38.5 Å². The lowest BCUT2D eigenvalue weighted by Gasteiger charge is -2.35. The van der Waals surface area contributed by atoms with Crippen molar-refractivity contribution < 1.29 is 19.2 Å². The Kier molecular flexibility index (Phi) is 6.20. The molecule has 4 rings (SSSR count). The Morgan fingerprint density at radius 1 is 1.10 bits per heavy atom. The van der Waals surface area contributed by atoms with Gasteiger partial charge in [-0.2, -0.15) is 0 Å².